The molecule has 1 aromatic carbocycles. The molecule has 26 heavy (non-hydrogen) atoms. The summed E-state index contributed by atoms with van der Waals surface area (Å²) in [6.07, 6.45) is 0. The topological polar surface area (TPSA) is 99.2 Å². The molecule has 0 aliphatic carbocycles. The fourth-order valence-electron chi connectivity index (χ4n) is 2.37. The van der Waals surface area contributed by atoms with Crippen LogP contribution >= 0.6 is 11.6 Å². The summed E-state index contributed by atoms with van der Waals surface area (Å²) >= 11 is 5.99. The largest absolute Gasteiger partial charge is 0.480 e. The number of hydrogen-bond acceptors (Lipinski definition) is 4. The van der Waals surface area contributed by atoms with Crippen molar-refractivity contribution in [2.45, 2.75) is 27.7 Å². The first kappa shape index (κ1) is 19.5. The number of carbonyl (C=O) groups is 2. The van der Waals surface area contributed by atoms with Gasteiger partial charge in [-0.15, -0.1) is 5.10 Å². The number of benzene rings is 1. The Kier molecular flexibility index (Phi) is 5.72. The lowest BCUT2D eigenvalue weighted by Gasteiger charge is -2.14. The average Bonchev–Trinajstić information content (AvgIpc) is 3.00. The second kappa shape index (κ2) is 7.61. The number of amides is 2. The minimum Gasteiger partial charge on any atom is -0.480 e. The first-order valence-electron chi connectivity index (χ1n) is 7.85. The third-order valence-corrected chi connectivity index (χ3v) is 4.19. The molecule has 0 saturated carbocycles. The molecule has 138 valence electrons. The zero-order valence-electron chi connectivity index (χ0n) is 15.3. The van der Waals surface area contributed by atoms with E-state index in [1.54, 1.807) is 13.0 Å². The van der Waals surface area contributed by atoms with E-state index >= 15 is 0 Å². The number of carbonyl (C=O) groups excluding carboxylic acids is 2. The molecular weight excluding hydrogens is 356 g/mol. The van der Waals surface area contributed by atoms with Crippen molar-refractivity contribution in [2.75, 3.05) is 12.4 Å². The van der Waals surface area contributed by atoms with E-state index in [9.17, 15) is 9.59 Å². The number of halogens is 1. The number of allylic oxidation sites excluding steroid dienone is 2. The van der Waals surface area contributed by atoms with Crippen LogP contribution in [-0.4, -0.2) is 28.7 Å². The van der Waals surface area contributed by atoms with Gasteiger partial charge in [-0.1, -0.05) is 17.2 Å². The highest BCUT2D eigenvalue weighted by molar-refractivity contribution is 6.31. The third-order valence-electron chi connectivity index (χ3n) is 3.97. The molecule has 8 heteroatoms. The van der Waals surface area contributed by atoms with Gasteiger partial charge < -0.3 is 15.8 Å². The number of ether oxygens (including phenoxy) is 1. The molecule has 3 N–H and O–H groups in total. The number of hydrogen-bond donors (Lipinski definition) is 2. The fraction of sp³-hybridized carbons (Fsp3) is 0.278. The van der Waals surface area contributed by atoms with Gasteiger partial charge in [-0.3, -0.25) is 9.59 Å². The van der Waals surface area contributed by atoms with Crippen LogP contribution in [0.2, 0.25) is 5.02 Å². The van der Waals surface area contributed by atoms with E-state index in [1.165, 1.54) is 23.9 Å². The Bertz CT molecular complexity index is 911. The lowest BCUT2D eigenvalue weighted by Crippen LogP contribution is -2.21. The molecule has 0 aliphatic rings. The van der Waals surface area contributed by atoms with Gasteiger partial charge in [0, 0.05) is 16.8 Å². The summed E-state index contributed by atoms with van der Waals surface area (Å²) < 4.78 is 6.64. The third kappa shape index (κ3) is 3.88. The van der Waals surface area contributed by atoms with Crippen molar-refractivity contribution in [3.8, 4) is 5.88 Å². The Morgan fingerprint density at radius 1 is 1.23 bits per heavy atom. The maximum Gasteiger partial charge on any atom is 0.274 e. The summed E-state index contributed by atoms with van der Waals surface area (Å²) in [6.45, 7) is 7.41. The van der Waals surface area contributed by atoms with Crippen LogP contribution < -0.4 is 15.8 Å². The van der Waals surface area contributed by atoms with Gasteiger partial charge in [-0.25, -0.2) is 4.68 Å². The monoisotopic (exact) mass is 376 g/mol. The van der Waals surface area contributed by atoms with Gasteiger partial charge in [-0.2, -0.15) is 0 Å². The molecule has 0 aliphatic heterocycles. The zero-order valence-corrected chi connectivity index (χ0v) is 16.1. The van der Waals surface area contributed by atoms with Crippen molar-refractivity contribution in [3.63, 3.8) is 0 Å². The van der Waals surface area contributed by atoms with Crippen LogP contribution in [0.25, 0.3) is 5.70 Å². The van der Waals surface area contributed by atoms with E-state index in [0.29, 0.717) is 22.2 Å². The molecule has 0 radical (unpaired) electrons. The highest BCUT2D eigenvalue weighted by atomic mass is 35.5. The van der Waals surface area contributed by atoms with Crippen LogP contribution in [0.1, 0.15) is 47.2 Å². The molecule has 2 amide bonds. The minimum absolute atomic E-state index is 0.139. The molecule has 2 aromatic rings. The highest BCUT2D eigenvalue weighted by Crippen LogP contribution is 2.27. The molecule has 7 nitrogen and oxygen atoms in total. The van der Waals surface area contributed by atoms with Crippen molar-refractivity contribution in [1.82, 2.24) is 9.78 Å². The minimum atomic E-state index is -0.683. The number of rotatable bonds is 5. The van der Waals surface area contributed by atoms with Gasteiger partial charge in [0.25, 0.3) is 11.8 Å². The predicted octanol–water partition coefficient (Wildman–Crippen LogP) is 3.48. The second-order valence-corrected chi connectivity index (χ2v) is 6.47. The Morgan fingerprint density at radius 3 is 2.42 bits per heavy atom. The summed E-state index contributed by atoms with van der Waals surface area (Å²) in [5.41, 5.74) is 8.54. The molecule has 0 saturated heterocycles. The quantitative estimate of drug-likeness (QED) is 0.834. The molecule has 2 rings (SSSR count). The maximum absolute atomic E-state index is 12.9. The zero-order chi connectivity index (χ0) is 19.6. The molecule has 1 aromatic heterocycles. The van der Waals surface area contributed by atoms with Crippen molar-refractivity contribution < 1.29 is 14.3 Å². The van der Waals surface area contributed by atoms with Gasteiger partial charge in [0.15, 0.2) is 0 Å². The predicted molar refractivity (Wildman–Crippen MR) is 102 cm³/mol. The summed E-state index contributed by atoms with van der Waals surface area (Å²) in [5, 5.41) is 7.37. The Balaban J connectivity index is 2.51. The lowest BCUT2D eigenvalue weighted by molar-refractivity contribution is 0.100. The highest BCUT2D eigenvalue weighted by Gasteiger charge is 2.21. The van der Waals surface area contributed by atoms with E-state index in [0.717, 1.165) is 11.3 Å². The van der Waals surface area contributed by atoms with Crippen molar-refractivity contribution in [3.05, 3.63) is 45.6 Å². The summed E-state index contributed by atoms with van der Waals surface area (Å²) in [6, 6.07) is 4.59. The number of nitrogens with one attached hydrogen (secondary N) is 1. The second-order valence-electron chi connectivity index (χ2n) is 6.03. The normalized spacial score (nSPS) is 10.4. The number of anilines is 1. The molecular formula is C18H21ClN4O3. The number of primary amides is 1. The van der Waals surface area contributed by atoms with Crippen LogP contribution in [0.3, 0.4) is 0 Å². The Hall–Kier alpha value is -2.80. The molecule has 0 unspecified atom stereocenters. The summed E-state index contributed by atoms with van der Waals surface area (Å²) in [4.78, 5) is 24.6. The van der Waals surface area contributed by atoms with E-state index in [-0.39, 0.29) is 11.3 Å². The van der Waals surface area contributed by atoms with Crippen molar-refractivity contribution in [1.29, 1.82) is 0 Å². The molecule has 0 fully saturated rings. The summed E-state index contributed by atoms with van der Waals surface area (Å²) in [5.74, 6) is -0.828. The van der Waals surface area contributed by atoms with Crippen LogP contribution in [0.4, 0.5) is 5.69 Å². The van der Waals surface area contributed by atoms with Crippen molar-refractivity contribution in [2.24, 2.45) is 5.73 Å². The number of methoxy groups -OCH3 is 1. The Labute approximate surface area is 156 Å². The number of aryl methyl sites for hydroxylation is 1. The van der Waals surface area contributed by atoms with Crippen LogP contribution in [0.5, 0.6) is 5.88 Å². The SMILES string of the molecule is COc1cc(C(=O)Nc2c(C)cc(Cl)cc2C(N)=O)n(C(C)=C(C)C)n1. The van der Waals surface area contributed by atoms with Gasteiger partial charge in [-0.05, 0) is 45.4 Å². The van der Waals surface area contributed by atoms with E-state index in [2.05, 4.69) is 10.4 Å². The fourth-order valence-corrected chi connectivity index (χ4v) is 2.64. The number of aromatic nitrogens is 2. The smallest absolute Gasteiger partial charge is 0.274 e. The number of nitrogens with zero attached hydrogens (tertiary/aromatic N) is 2. The average molecular weight is 377 g/mol. The maximum atomic E-state index is 12.9. The first-order chi connectivity index (χ1) is 12.1. The van der Waals surface area contributed by atoms with E-state index < -0.39 is 11.8 Å². The van der Waals surface area contributed by atoms with Crippen LogP contribution in [0, 0.1) is 6.92 Å². The van der Waals surface area contributed by atoms with Crippen LogP contribution in [0.15, 0.2) is 23.8 Å². The molecule has 0 atom stereocenters. The van der Waals surface area contributed by atoms with Gasteiger partial charge in [0.05, 0.1) is 18.4 Å². The van der Waals surface area contributed by atoms with Gasteiger partial charge in [0.1, 0.15) is 5.69 Å². The Morgan fingerprint density at radius 2 is 1.88 bits per heavy atom. The van der Waals surface area contributed by atoms with Gasteiger partial charge in [0.2, 0.25) is 5.88 Å². The van der Waals surface area contributed by atoms with Crippen LogP contribution in [-0.2, 0) is 0 Å². The van der Waals surface area contributed by atoms with Crippen molar-refractivity contribution >= 4 is 34.8 Å². The standard InChI is InChI=1S/C18H21ClN4O3/c1-9(2)11(4)23-14(8-15(22-23)26-5)18(25)21-16-10(3)6-12(19)7-13(16)17(20)24/h6-8H,1-5H3,(H2,20,24)(H,21,25). The van der Waals surface area contributed by atoms with Gasteiger partial charge >= 0.3 is 0 Å². The summed E-state index contributed by atoms with van der Waals surface area (Å²) in [7, 11) is 1.47. The van der Waals surface area contributed by atoms with E-state index in [4.69, 9.17) is 22.1 Å². The number of nitrogens with two attached hydrogens (primary N) is 1. The molecule has 0 bridgehead atoms. The molecule has 0 spiro atoms. The first-order valence-corrected chi connectivity index (χ1v) is 8.23. The molecule has 1 heterocycles. The lowest BCUT2D eigenvalue weighted by atomic mass is 10.1. The van der Waals surface area contributed by atoms with E-state index in [1.807, 2.05) is 20.8 Å².